The van der Waals surface area contributed by atoms with Crippen LogP contribution in [0.4, 0.5) is 13.6 Å². The number of carbonyl (C=O) groups excluding carboxylic acids is 1. The minimum atomic E-state index is -2.88. The molecule has 0 heterocycles. The molecule has 2 unspecified atom stereocenters. The molecule has 1 aromatic carbocycles. The van der Waals surface area contributed by atoms with Crippen LogP contribution < -0.4 is 11.1 Å². The Kier molecular flexibility index (Phi) is 6.42. The zero-order valence-electron chi connectivity index (χ0n) is 16.1. The van der Waals surface area contributed by atoms with E-state index in [1.165, 1.54) is 0 Å². The van der Waals surface area contributed by atoms with Gasteiger partial charge in [-0.1, -0.05) is 44.5 Å². The lowest BCUT2D eigenvalue weighted by Crippen LogP contribution is -2.58. The van der Waals surface area contributed by atoms with Crippen LogP contribution in [0.3, 0.4) is 0 Å². The van der Waals surface area contributed by atoms with Crippen LogP contribution in [-0.2, 0) is 12.0 Å². The molecule has 1 fully saturated rings. The van der Waals surface area contributed by atoms with Gasteiger partial charge in [0.25, 0.3) is 0 Å². The summed E-state index contributed by atoms with van der Waals surface area (Å²) in [7, 11) is 0. The molecule has 0 aromatic heterocycles. The van der Waals surface area contributed by atoms with E-state index in [0.29, 0.717) is 10.6 Å². The SMILES string of the molecule is CC(C)(C)CCc1ccc(C2(NC(N)=O)CCC(F)(F)CC2CO)cc1Cl. The Bertz CT molecular complexity index is 691. The second-order valence-corrected chi connectivity index (χ2v) is 9.17. The van der Waals surface area contributed by atoms with Crippen LogP contribution in [0.15, 0.2) is 18.2 Å². The van der Waals surface area contributed by atoms with E-state index >= 15 is 0 Å². The van der Waals surface area contributed by atoms with E-state index in [0.717, 1.165) is 18.4 Å². The first-order chi connectivity index (χ1) is 12.4. The summed E-state index contributed by atoms with van der Waals surface area (Å²) in [4.78, 5) is 11.6. The molecule has 2 rings (SSSR count). The second kappa shape index (κ2) is 7.92. The van der Waals surface area contributed by atoms with Crippen LogP contribution in [0.2, 0.25) is 5.02 Å². The van der Waals surface area contributed by atoms with Crippen LogP contribution in [0.25, 0.3) is 0 Å². The lowest BCUT2D eigenvalue weighted by molar-refractivity contribution is -0.0925. The Morgan fingerprint density at radius 1 is 1.37 bits per heavy atom. The van der Waals surface area contributed by atoms with Crippen molar-refractivity contribution < 1.29 is 18.7 Å². The molecule has 27 heavy (non-hydrogen) atoms. The van der Waals surface area contributed by atoms with E-state index in [1.54, 1.807) is 12.1 Å². The molecule has 7 heteroatoms. The molecule has 2 amide bonds. The van der Waals surface area contributed by atoms with E-state index in [2.05, 4.69) is 26.1 Å². The monoisotopic (exact) mass is 402 g/mol. The lowest BCUT2D eigenvalue weighted by Gasteiger charge is -2.46. The van der Waals surface area contributed by atoms with Gasteiger partial charge in [-0.2, -0.15) is 0 Å². The average Bonchev–Trinajstić information content (AvgIpc) is 2.54. The predicted molar refractivity (Wildman–Crippen MR) is 103 cm³/mol. The van der Waals surface area contributed by atoms with Gasteiger partial charge < -0.3 is 16.2 Å². The smallest absolute Gasteiger partial charge is 0.312 e. The average molecular weight is 403 g/mol. The molecule has 1 saturated carbocycles. The maximum atomic E-state index is 13.9. The molecule has 0 aliphatic heterocycles. The van der Waals surface area contributed by atoms with E-state index in [4.69, 9.17) is 17.3 Å². The van der Waals surface area contributed by atoms with E-state index < -0.39 is 42.9 Å². The summed E-state index contributed by atoms with van der Waals surface area (Å²) in [6.45, 7) is 5.96. The summed E-state index contributed by atoms with van der Waals surface area (Å²) in [5.41, 5.74) is 5.91. The number of aliphatic hydroxyl groups excluding tert-OH is 1. The van der Waals surface area contributed by atoms with Gasteiger partial charge >= 0.3 is 6.03 Å². The minimum absolute atomic E-state index is 0.0220. The Balaban J connectivity index is 2.39. The minimum Gasteiger partial charge on any atom is -0.396 e. The first kappa shape index (κ1) is 21.9. The largest absolute Gasteiger partial charge is 0.396 e. The molecule has 1 aromatic rings. The number of urea groups is 1. The fraction of sp³-hybridized carbons (Fsp3) is 0.650. The lowest BCUT2D eigenvalue weighted by atomic mass is 9.67. The summed E-state index contributed by atoms with van der Waals surface area (Å²) in [6.07, 6.45) is 0.800. The highest BCUT2D eigenvalue weighted by Gasteiger charge is 2.51. The molecule has 0 spiro atoms. The zero-order chi connectivity index (χ0) is 20.5. The normalized spacial score (nSPS) is 25.2. The van der Waals surface area contributed by atoms with Gasteiger partial charge in [-0.05, 0) is 41.9 Å². The van der Waals surface area contributed by atoms with Gasteiger partial charge in [0.1, 0.15) is 0 Å². The van der Waals surface area contributed by atoms with Gasteiger partial charge in [0.2, 0.25) is 5.92 Å². The number of rotatable bonds is 5. The number of primary amides is 1. The molecule has 1 aliphatic rings. The number of aryl methyl sites for hydroxylation is 1. The van der Waals surface area contributed by atoms with Crippen molar-refractivity contribution in [3.63, 3.8) is 0 Å². The maximum absolute atomic E-state index is 13.9. The van der Waals surface area contributed by atoms with Crippen molar-refractivity contribution in [2.45, 2.75) is 64.3 Å². The highest BCUT2D eigenvalue weighted by atomic mass is 35.5. The third-order valence-electron chi connectivity index (χ3n) is 5.41. The fourth-order valence-corrected chi connectivity index (χ4v) is 4.09. The van der Waals surface area contributed by atoms with E-state index in [1.807, 2.05) is 6.07 Å². The molecule has 4 N–H and O–H groups in total. The third-order valence-corrected chi connectivity index (χ3v) is 5.76. The number of amides is 2. The molecular formula is C20H29ClF2N2O2. The number of benzene rings is 1. The Morgan fingerprint density at radius 3 is 2.56 bits per heavy atom. The molecule has 0 radical (unpaired) electrons. The quantitative estimate of drug-likeness (QED) is 0.672. The number of alkyl halides is 2. The van der Waals surface area contributed by atoms with Gasteiger partial charge in [-0.15, -0.1) is 0 Å². The number of halogens is 3. The molecule has 2 atom stereocenters. The van der Waals surface area contributed by atoms with Gasteiger partial charge in [0.05, 0.1) is 5.54 Å². The number of hydrogen-bond donors (Lipinski definition) is 3. The van der Waals surface area contributed by atoms with Crippen LogP contribution in [0, 0.1) is 11.3 Å². The highest BCUT2D eigenvalue weighted by molar-refractivity contribution is 6.31. The van der Waals surface area contributed by atoms with Gasteiger partial charge in [0.15, 0.2) is 0 Å². The summed E-state index contributed by atoms with van der Waals surface area (Å²) in [6, 6.07) is 4.56. The van der Waals surface area contributed by atoms with E-state index in [9.17, 15) is 18.7 Å². The number of nitrogens with one attached hydrogen (secondary N) is 1. The van der Waals surface area contributed by atoms with Gasteiger partial charge in [0, 0.05) is 30.4 Å². The Morgan fingerprint density at radius 2 is 2.04 bits per heavy atom. The first-order valence-electron chi connectivity index (χ1n) is 9.24. The van der Waals surface area contributed by atoms with E-state index in [-0.39, 0.29) is 11.8 Å². The van der Waals surface area contributed by atoms with Crippen molar-refractivity contribution in [3.05, 3.63) is 34.3 Å². The second-order valence-electron chi connectivity index (χ2n) is 8.77. The predicted octanol–water partition coefficient (Wildman–Crippen LogP) is 4.61. The highest BCUT2D eigenvalue weighted by Crippen LogP contribution is 2.48. The number of aliphatic hydroxyl groups is 1. The maximum Gasteiger partial charge on any atom is 0.312 e. The zero-order valence-corrected chi connectivity index (χ0v) is 16.9. The molecule has 4 nitrogen and oxygen atoms in total. The molecule has 152 valence electrons. The van der Waals surface area contributed by atoms with Crippen molar-refractivity contribution in [2.24, 2.45) is 17.1 Å². The molecule has 0 saturated heterocycles. The summed E-state index contributed by atoms with van der Waals surface area (Å²) < 4.78 is 27.8. The van der Waals surface area contributed by atoms with Gasteiger partial charge in [-0.3, -0.25) is 0 Å². The van der Waals surface area contributed by atoms with Crippen LogP contribution in [-0.4, -0.2) is 23.7 Å². The van der Waals surface area contributed by atoms with Crippen LogP contribution in [0.1, 0.15) is 57.6 Å². The van der Waals surface area contributed by atoms with Crippen molar-refractivity contribution in [3.8, 4) is 0 Å². The molecule has 0 bridgehead atoms. The number of carbonyl (C=O) groups is 1. The van der Waals surface area contributed by atoms with Crippen molar-refractivity contribution >= 4 is 17.6 Å². The van der Waals surface area contributed by atoms with Gasteiger partial charge in [-0.25, -0.2) is 13.6 Å². The Hall–Kier alpha value is -1.40. The number of nitrogens with two attached hydrogens (primary N) is 1. The summed E-state index contributed by atoms with van der Waals surface area (Å²) in [5, 5.41) is 12.9. The molecular weight excluding hydrogens is 374 g/mol. The fourth-order valence-electron chi connectivity index (χ4n) is 3.82. The number of hydrogen-bond acceptors (Lipinski definition) is 2. The van der Waals surface area contributed by atoms with Crippen LogP contribution in [0.5, 0.6) is 0 Å². The first-order valence-corrected chi connectivity index (χ1v) is 9.61. The van der Waals surface area contributed by atoms with Crippen molar-refractivity contribution in [1.82, 2.24) is 5.32 Å². The summed E-state index contributed by atoms with van der Waals surface area (Å²) in [5.74, 6) is -3.74. The standard InChI is InChI=1S/C20H29ClF2N2O2/c1-18(2,3)7-6-13-4-5-14(10-16(13)21)20(25-17(24)27)9-8-19(22,23)11-15(20)12-26/h4-5,10,15,26H,6-9,11-12H2,1-3H3,(H3,24,25,27). The topological polar surface area (TPSA) is 75.3 Å². The summed E-state index contributed by atoms with van der Waals surface area (Å²) >= 11 is 6.47. The third kappa shape index (κ3) is 5.32. The van der Waals surface area contributed by atoms with Crippen molar-refractivity contribution in [2.75, 3.05) is 6.61 Å². The molecule has 1 aliphatic carbocycles. The van der Waals surface area contributed by atoms with Crippen molar-refractivity contribution in [1.29, 1.82) is 0 Å². The van der Waals surface area contributed by atoms with Crippen LogP contribution >= 0.6 is 11.6 Å². The Labute approximate surface area is 164 Å².